The standard InChI is InChI=1S/C17H16N6O2/c1-25-13-9-5-4-8-12(13)20-16-21-15(18)22-17(23-16)10-6-2-3-7-11(10)19-14(17)24/h2-9H,1H3,(H,19,24)(H4,18,20,21,22,23)/p+1/t17-/m0/s1. The predicted molar refractivity (Wildman–Crippen MR) is 94.1 cm³/mol. The Kier molecular flexibility index (Phi) is 3.31. The van der Waals surface area contributed by atoms with Crippen LogP contribution in [0.1, 0.15) is 5.56 Å². The molecule has 2 aromatic rings. The Morgan fingerprint density at radius 2 is 1.92 bits per heavy atom. The summed E-state index contributed by atoms with van der Waals surface area (Å²) in [5.41, 5.74) is 6.78. The molecule has 2 aliphatic rings. The van der Waals surface area contributed by atoms with E-state index in [1.165, 1.54) is 0 Å². The van der Waals surface area contributed by atoms with E-state index in [2.05, 4.69) is 25.9 Å². The van der Waals surface area contributed by atoms with E-state index in [0.29, 0.717) is 23.0 Å². The van der Waals surface area contributed by atoms with Crippen LogP contribution in [-0.2, 0) is 10.5 Å². The van der Waals surface area contributed by atoms with Gasteiger partial charge < -0.3 is 15.8 Å². The molecule has 8 nitrogen and oxygen atoms in total. The number of aliphatic imine (C=N–C) groups is 1. The molecular weight excluding hydrogens is 320 g/mol. The Bertz CT molecular complexity index is 923. The maximum Gasteiger partial charge on any atom is 0.358 e. The summed E-state index contributed by atoms with van der Waals surface area (Å²) in [6.45, 7) is 0. The molecule has 4 rings (SSSR count). The molecule has 0 radical (unpaired) electrons. The van der Waals surface area contributed by atoms with E-state index < -0.39 is 5.66 Å². The molecule has 0 unspecified atom stereocenters. The van der Waals surface area contributed by atoms with Crippen LogP contribution < -0.4 is 31.4 Å². The molecule has 0 saturated heterocycles. The highest BCUT2D eigenvalue weighted by Gasteiger charge is 2.51. The molecule has 1 spiro atoms. The van der Waals surface area contributed by atoms with Gasteiger partial charge in [0.05, 0.1) is 12.8 Å². The normalized spacial score (nSPS) is 20.9. The number of hydrogen-bond acceptors (Lipinski definition) is 6. The highest BCUT2D eigenvalue weighted by molar-refractivity contribution is 6.10. The maximum absolute atomic E-state index is 12.6. The van der Waals surface area contributed by atoms with Gasteiger partial charge in [-0.25, -0.2) is 15.6 Å². The molecule has 1 amide bonds. The number of benzene rings is 2. The number of carbonyl (C=O) groups excluding carboxylic acids is 1. The number of nitrogens with two attached hydrogens (primary N) is 1. The first kappa shape index (κ1) is 15.0. The van der Waals surface area contributed by atoms with Crippen molar-refractivity contribution < 1.29 is 14.5 Å². The van der Waals surface area contributed by atoms with Crippen molar-refractivity contribution in [3.05, 3.63) is 54.1 Å². The minimum Gasteiger partial charge on any atom is -0.493 e. The monoisotopic (exact) mass is 337 g/mol. The lowest BCUT2D eigenvalue weighted by Gasteiger charge is -2.22. The summed E-state index contributed by atoms with van der Waals surface area (Å²) < 4.78 is 5.34. The second-order valence-electron chi connectivity index (χ2n) is 5.66. The molecule has 0 fully saturated rings. The molecule has 2 heterocycles. The summed E-state index contributed by atoms with van der Waals surface area (Å²) in [5, 5.41) is 8.90. The van der Waals surface area contributed by atoms with Gasteiger partial charge in [-0.15, -0.1) is 0 Å². The van der Waals surface area contributed by atoms with E-state index >= 15 is 0 Å². The van der Waals surface area contributed by atoms with Crippen LogP contribution >= 0.6 is 0 Å². The van der Waals surface area contributed by atoms with Gasteiger partial charge in [-0.1, -0.05) is 30.3 Å². The Morgan fingerprint density at radius 1 is 1.16 bits per heavy atom. The fourth-order valence-corrected chi connectivity index (χ4v) is 3.00. The fraction of sp³-hybridized carbons (Fsp3) is 0.118. The van der Waals surface area contributed by atoms with Crippen LogP contribution in [0.25, 0.3) is 0 Å². The third-order valence-corrected chi connectivity index (χ3v) is 4.11. The zero-order valence-corrected chi connectivity index (χ0v) is 13.5. The molecule has 0 aromatic heterocycles. The van der Waals surface area contributed by atoms with Gasteiger partial charge in [0.25, 0.3) is 17.5 Å². The molecule has 0 saturated carbocycles. The molecule has 0 aliphatic carbocycles. The summed E-state index contributed by atoms with van der Waals surface area (Å²) in [6, 6.07) is 14.8. The first-order valence-electron chi connectivity index (χ1n) is 7.71. The van der Waals surface area contributed by atoms with Crippen molar-refractivity contribution in [3.8, 4) is 5.75 Å². The number of anilines is 2. The smallest absolute Gasteiger partial charge is 0.358 e. The van der Waals surface area contributed by atoms with Crippen LogP contribution in [0.4, 0.5) is 11.4 Å². The predicted octanol–water partition coefficient (Wildman–Crippen LogP) is -0.733. The van der Waals surface area contributed by atoms with Crippen LogP contribution in [0.5, 0.6) is 5.75 Å². The number of carbonyl (C=O) groups is 1. The van der Waals surface area contributed by atoms with Crippen LogP contribution in [0.2, 0.25) is 0 Å². The van der Waals surface area contributed by atoms with E-state index in [1.54, 1.807) is 7.11 Å². The highest BCUT2D eigenvalue weighted by Crippen LogP contribution is 2.34. The van der Waals surface area contributed by atoms with Crippen LogP contribution in [0, 0.1) is 0 Å². The Hall–Kier alpha value is -3.55. The molecule has 0 bridgehead atoms. The van der Waals surface area contributed by atoms with Crippen LogP contribution in [0.15, 0.2) is 53.5 Å². The van der Waals surface area contributed by atoms with E-state index in [4.69, 9.17) is 10.5 Å². The Morgan fingerprint density at radius 3 is 2.76 bits per heavy atom. The number of nitrogens with one attached hydrogen (secondary N) is 4. The van der Waals surface area contributed by atoms with Gasteiger partial charge in [0.15, 0.2) is 5.75 Å². The van der Waals surface area contributed by atoms with Crippen molar-refractivity contribution in [2.45, 2.75) is 5.66 Å². The van der Waals surface area contributed by atoms with Gasteiger partial charge in [-0.2, -0.15) is 4.99 Å². The average molecular weight is 337 g/mol. The number of guanidine groups is 2. The number of ether oxygens (including phenoxy) is 1. The number of rotatable bonds is 2. The molecule has 2 aromatic carbocycles. The Balaban J connectivity index is 1.77. The lowest BCUT2D eigenvalue weighted by atomic mass is 10.0. The van der Waals surface area contributed by atoms with Gasteiger partial charge in [-0.3, -0.25) is 4.79 Å². The summed E-state index contributed by atoms with van der Waals surface area (Å²) in [7, 11) is 1.59. The van der Waals surface area contributed by atoms with E-state index in [-0.39, 0.29) is 11.9 Å². The quantitative estimate of drug-likeness (QED) is 0.495. The van der Waals surface area contributed by atoms with Crippen molar-refractivity contribution in [1.82, 2.24) is 5.32 Å². The summed E-state index contributed by atoms with van der Waals surface area (Å²) in [4.78, 5) is 20.1. The Labute approximate surface area is 143 Å². The largest absolute Gasteiger partial charge is 0.493 e. The van der Waals surface area contributed by atoms with Gasteiger partial charge in [-0.05, 0) is 18.2 Å². The molecule has 6 N–H and O–H groups in total. The number of hydrogen-bond donors (Lipinski definition) is 5. The topological polar surface area (TPSA) is 115 Å². The number of nitrogens with zero attached hydrogens (tertiary/aromatic N) is 1. The van der Waals surface area contributed by atoms with Gasteiger partial charge in [0, 0.05) is 5.56 Å². The third kappa shape index (κ3) is 2.35. The minimum atomic E-state index is -1.31. The summed E-state index contributed by atoms with van der Waals surface area (Å²) in [6.07, 6.45) is 0. The molecule has 25 heavy (non-hydrogen) atoms. The van der Waals surface area contributed by atoms with Crippen molar-refractivity contribution >= 4 is 29.2 Å². The lowest BCUT2D eigenvalue weighted by molar-refractivity contribution is -0.544. The van der Waals surface area contributed by atoms with Crippen molar-refractivity contribution in [3.63, 3.8) is 0 Å². The van der Waals surface area contributed by atoms with E-state index in [0.717, 1.165) is 5.69 Å². The number of fused-ring (bicyclic) bond motifs is 2. The van der Waals surface area contributed by atoms with Crippen molar-refractivity contribution in [2.24, 2.45) is 10.7 Å². The first-order valence-corrected chi connectivity index (χ1v) is 7.71. The van der Waals surface area contributed by atoms with Crippen molar-refractivity contribution in [1.29, 1.82) is 0 Å². The third-order valence-electron chi connectivity index (χ3n) is 4.11. The van der Waals surface area contributed by atoms with Gasteiger partial charge in [0.1, 0.15) is 5.69 Å². The van der Waals surface area contributed by atoms with Crippen LogP contribution in [-0.4, -0.2) is 24.9 Å². The second-order valence-corrected chi connectivity index (χ2v) is 5.66. The summed E-state index contributed by atoms with van der Waals surface area (Å²) in [5.74, 6) is 0.925. The van der Waals surface area contributed by atoms with Crippen molar-refractivity contribution in [2.75, 3.05) is 17.7 Å². The molecule has 126 valence electrons. The second kappa shape index (κ2) is 5.52. The molecule has 2 aliphatic heterocycles. The maximum atomic E-state index is 12.6. The van der Waals surface area contributed by atoms with Crippen LogP contribution in [0.3, 0.4) is 0 Å². The minimum absolute atomic E-state index is 0.128. The number of amides is 1. The lowest BCUT2D eigenvalue weighted by Crippen LogP contribution is -2.92. The van der Waals surface area contributed by atoms with E-state index in [1.807, 2.05) is 48.5 Å². The van der Waals surface area contributed by atoms with Gasteiger partial charge in [0.2, 0.25) is 0 Å². The SMILES string of the molecule is COc1ccccc1NC1=[NH+][C@]2(N=C(N)N1)C(=O)Nc1ccccc12. The zero-order chi connectivity index (χ0) is 17.4. The average Bonchev–Trinajstić information content (AvgIpc) is 2.86. The number of methoxy groups -OCH3 is 1. The highest BCUT2D eigenvalue weighted by atomic mass is 16.5. The molecular formula is C17H17N6O2+. The zero-order valence-electron chi connectivity index (χ0n) is 13.5. The number of para-hydroxylation sites is 3. The summed E-state index contributed by atoms with van der Waals surface area (Å²) >= 11 is 0. The van der Waals surface area contributed by atoms with E-state index in [9.17, 15) is 4.79 Å². The molecule has 8 heteroatoms. The fourth-order valence-electron chi connectivity index (χ4n) is 3.00. The molecule has 1 atom stereocenters. The first-order chi connectivity index (χ1) is 12.1. The van der Waals surface area contributed by atoms with Gasteiger partial charge >= 0.3 is 5.96 Å².